The molecule has 0 radical (unpaired) electrons. The van der Waals surface area contributed by atoms with Gasteiger partial charge >= 0.3 is 0 Å². The third kappa shape index (κ3) is 5.97. The number of nitrogens with zero attached hydrogens (tertiary/aromatic N) is 1. The molecule has 1 aliphatic rings. The highest BCUT2D eigenvalue weighted by atomic mass is 32.2. The van der Waals surface area contributed by atoms with Crippen molar-refractivity contribution in [1.29, 1.82) is 0 Å². The fraction of sp³-hybridized carbons (Fsp3) is 0.421. The third-order valence-corrected chi connectivity index (χ3v) is 4.93. The first-order valence-electron chi connectivity index (χ1n) is 8.66. The number of carbonyl (C=O) groups is 2. The zero-order chi connectivity index (χ0) is 20.0. The van der Waals surface area contributed by atoms with E-state index < -0.39 is 5.97 Å². The average molecular weight is 409 g/mol. The predicted octanol–water partition coefficient (Wildman–Crippen LogP) is 2.46. The Morgan fingerprint density at radius 1 is 1.33 bits per heavy atom. The lowest BCUT2D eigenvalue weighted by atomic mass is 10.1. The van der Waals surface area contributed by atoms with Gasteiger partial charge < -0.3 is 19.4 Å². The molecule has 1 saturated heterocycles. The van der Waals surface area contributed by atoms with Gasteiger partial charge in [0.25, 0.3) is 5.91 Å². The third-order valence-electron chi connectivity index (χ3n) is 3.55. The zero-order valence-electron chi connectivity index (χ0n) is 15.5. The number of rotatable bonds is 9. The molecular weight excluding hydrogens is 386 g/mol. The molecule has 0 atom stereocenters. The maximum atomic E-state index is 12.5. The average Bonchev–Trinajstić information content (AvgIpc) is 2.86. The number of hydrogen-bond acceptors (Lipinski definition) is 7. The quantitative estimate of drug-likeness (QED) is 0.459. The van der Waals surface area contributed by atoms with Crippen LogP contribution in [0.25, 0.3) is 6.08 Å². The second-order valence-corrected chi connectivity index (χ2v) is 7.98. The summed E-state index contributed by atoms with van der Waals surface area (Å²) >= 11 is 6.33. The van der Waals surface area contributed by atoms with Gasteiger partial charge in [0, 0.05) is 18.9 Å². The monoisotopic (exact) mass is 408 g/mol. The fourth-order valence-corrected chi connectivity index (χ4v) is 3.61. The van der Waals surface area contributed by atoms with Crippen molar-refractivity contribution in [2.24, 2.45) is 5.92 Å². The minimum Gasteiger partial charge on any atom is -0.550 e. The molecular formula is C19H22NO5S2-. The Morgan fingerprint density at radius 2 is 2.07 bits per heavy atom. The largest absolute Gasteiger partial charge is 0.550 e. The molecule has 0 bridgehead atoms. The molecule has 0 aliphatic carbocycles. The second kappa shape index (κ2) is 9.75. The molecule has 1 amide bonds. The molecule has 0 spiro atoms. The Hall–Kier alpha value is -2.06. The van der Waals surface area contributed by atoms with Crippen molar-refractivity contribution in [1.82, 2.24) is 4.90 Å². The van der Waals surface area contributed by atoms with Crippen LogP contribution in [0.4, 0.5) is 0 Å². The standard InChI is InChI=1S/C19H23NO5S2/c1-4-24-15-9-13(5-6-14(15)25-11-12(2)3)10-16-18(23)20(19(26)27-16)8-7-17(21)22/h5-6,9-10,12H,4,7-8,11H2,1-3H3,(H,21,22)/p-1/b16-10-. The lowest BCUT2D eigenvalue weighted by Crippen LogP contribution is -2.33. The molecule has 1 heterocycles. The highest BCUT2D eigenvalue weighted by Crippen LogP contribution is 2.35. The van der Waals surface area contributed by atoms with Gasteiger partial charge in [0.2, 0.25) is 0 Å². The zero-order valence-corrected chi connectivity index (χ0v) is 17.2. The SMILES string of the molecule is CCOc1cc(/C=C2\SC(=S)N(CCC(=O)[O-])C2=O)ccc1OCC(C)C. The van der Waals surface area contributed by atoms with Crippen LogP contribution in [-0.4, -0.2) is 40.9 Å². The van der Waals surface area contributed by atoms with Gasteiger partial charge in [0.05, 0.1) is 18.1 Å². The first-order valence-corrected chi connectivity index (χ1v) is 9.89. The number of carbonyl (C=O) groups excluding carboxylic acids is 2. The maximum absolute atomic E-state index is 12.5. The van der Waals surface area contributed by atoms with E-state index in [4.69, 9.17) is 21.7 Å². The molecule has 2 rings (SSSR count). The number of thiocarbonyl (C=S) groups is 1. The maximum Gasteiger partial charge on any atom is 0.266 e. The van der Waals surface area contributed by atoms with Crippen LogP contribution in [-0.2, 0) is 9.59 Å². The van der Waals surface area contributed by atoms with Crippen LogP contribution in [0.5, 0.6) is 11.5 Å². The van der Waals surface area contributed by atoms with Crippen molar-refractivity contribution in [2.75, 3.05) is 19.8 Å². The minimum atomic E-state index is -1.22. The van der Waals surface area contributed by atoms with Crippen molar-refractivity contribution in [3.05, 3.63) is 28.7 Å². The minimum absolute atomic E-state index is 0.0104. The summed E-state index contributed by atoms with van der Waals surface area (Å²) in [6, 6.07) is 5.47. The normalized spacial score (nSPS) is 15.7. The molecule has 6 nitrogen and oxygen atoms in total. The van der Waals surface area contributed by atoms with Crippen molar-refractivity contribution in [3.63, 3.8) is 0 Å². The molecule has 0 aromatic heterocycles. The van der Waals surface area contributed by atoms with Crippen LogP contribution in [0.1, 0.15) is 32.8 Å². The molecule has 1 aromatic carbocycles. The van der Waals surface area contributed by atoms with Crippen LogP contribution < -0.4 is 14.6 Å². The molecule has 8 heteroatoms. The number of hydrogen-bond donors (Lipinski definition) is 0. The van der Waals surface area contributed by atoms with Crippen molar-refractivity contribution in [3.8, 4) is 11.5 Å². The summed E-state index contributed by atoms with van der Waals surface area (Å²) in [5.74, 6) is 0.140. The summed E-state index contributed by atoms with van der Waals surface area (Å²) in [6.07, 6.45) is 1.46. The van der Waals surface area contributed by atoms with Gasteiger partial charge in [-0.3, -0.25) is 9.69 Å². The fourth-order valence-electron chi connectivity index (χ4n) is 2.31. The van der Waals surface area contributed by atoms with E-state index in [-0.39, 0.29) is 18.9 Å². The molecule has 27 heavy (non-hydrogen) atoms. The molecule has 146 valence electrons. The Morgan fingerprint density at radius 3 is 2.70 bits per heavy atom. The van der Waals surface area contributed by atoms with E-state index in [1.54, 1.807) is 6.08 Å². The van der Waals surface area contributed by atoms with Gasteiger partial charge in [-0.15, -0.1) is 0 Å². The van der Waals surface area contributed by atoms with E-state index in [0.29, 0.717) is 39.9 Å². The topological polar surface area (TPSA) is 78.9 Å². The van der Waals surface area contributed by atoms with E-state index in [1.165, 1.54) is 4.90 Å². The highest BCUT2D eigenvalue weighted by Gasteiger charge is 2.31. The van der Waals surface area contributed by atoms with Gasteiger partial charge in [-0.25, -0.2) is 0 Å². The number of aliphatic carboxylic acids is 1. The number of ether oxygens (including phenoxy) is 2. The van der Waals surface area contributed by atoms with E-state index >= 15 is 0 Å². The smallest absolute Gasteiger partial charge is 0.266 e. The van der Waals surface area contributed by atoms with E-state index in [2.05, 4.69) is 13.8 Å². The van der Waals surface area contributed by atoms with Gasteiger partial charge in [0.15, 0.2) is 11.5 Å². The number of thioether (sulfide) groups is 1. The number of amides is 1. The molecule has 0 N–H and O–H groups in total. The van der Waals surface area contributed by atoms with Crippen LogP contribution in [0.3, 0.4) is 0 Å². The van der Waals surface area contributed by atoms with Crippen LogP contribution in [0.2, 0.25) is 0 Å². The summed E-state index contributed by atoms with van der Waals surface area (Å²) in [5.41, 5.74) is 0.774. The summed E-state index contributed by atoms with van der Waals surface area (Å²) < 4.78 is 11.8. The lowest BCUT2D eigenvalue weighted by molar-refractivity contribution is -0.305. The van der Waals surface area contributed by atoms with E-state index in [1.807, 2.05) is 25.1 Å². The molecule has 1 aliphatic heterocycles. The number of carboxylic acid groups (broad SMARTS) is 1. The second-order valence-electron chi connectivity index (χ2n) is 6.30. The van der Waals surface area contributed by atoms with Crippen LogP contribution >= 0.6 is 24.0 Å². The Balaban J connectivity index is 2.20. The molecule has 1 fully saturated rings. The molecule has 1 aromatic rings. The van der Waals surface area contributed by atoms with Crippen molar-refractivity contribution < 1.29 is 24.2 Å². The summed E-state index contributed by atoms with van der Waals surface area (Å²) in [4.78, 5) is 24.8. The molecule has 0 saturated carbocycles. The first-order chi connectivity index (χ1) is 12.8. The predicted molar refractivity (Wildman–Crippen MR) is 107 cm³/mol. The summed E-state index contributed by atoms with van der Waals surface area (Å²) in [7, 11) is 0. The molecule has 0 unspecified atom stereocenters. The van der Waals surface area contributed by atoms with Crippen LogP contribution in [0, 0.1) is 5.92 Å². The van der Waals surface area contributed by atoms with Gasteiger partial charge in [-0.1, -0.05) is 43.9 Å². The Kier molecular flexibility index (Phi) is 7.67. The Bertz CT molecular complexity index is 760. The van der Waals surface area contributed by atoms with Crippen molar-refractivity contribution in [2.45, 2.75) is 27.2 Å². The number of carboxylic acids is 1. The lowest BCUT2D eigenvalue weighted by Gasteiger charge is -2.14. The van der Waals surface area contributed by atoms with E-state index in [9.17, 15) is 14.7 Å². The van der Waals surface area contributed by atoms with Gasteiger partial charge in [-0.2, -0.15) is 0 Å². The Labute approximate surface area is 168 Å². The summed E-state index contributed by atoms with van der Waals surface area (Å²) in [6.45, 7) is 7.11. The summed E-state index contributed by atoms with van der Waals surface area (Å²) in [5, 5.41) is 10.6. The highest BCUT2D eigenvalue weighted by molar-refractivity contribution is 8.26. The van der Waals surface area contributed by atoms with Crippen LogP contribution in [0.15, 0.2) is 23.1 Å². The van der Waals surface area contributed by atoms with Gasteiger partial charge in [-0.05, 0) is 36.6 Å². The van der Waals surface area contributed by atoms with Gasteiger partial charge in [0.1, 0.15) is 4.32 Å². The van der Waals surface area contributed by atoms with E-state index in [0.717, 1.165) is 17.3 Å². The first kappa shape index (κ1) is 21.2. The van der Waals surface area contributed by atoms with Crippen molar-refractivity contribution >= 4 is 46.3 Å². The number of benzene rings is 1.